The van der Waals surface area contributed by atoms with E-state index in [9.17, 15) is 14.4 Å². The predicted molar refractivity (Wildman–Crippen MR) is 119 cm³/mol. The predicted octanol–water partition coefficient (Wildman–Crippen LogP) is 4.71. The molecule has 5 rings (SSSR count). The minimum absolute atomic E-state index is 0.00780. The van der Waals surface area contributed by atoms with E-state index in [1.165, 1.54) is 18.6 Å². The zero-order valence-electron chi connectivity index (χ0n) is 17.5. The number of halogens is 1. The van der Waals surface area contributed by atoms with Crippen molar-refractivity contribution >= 4 is 17.4 Å². The van der Waals surface area contributed by atoms with E-state index in [0.29, 0.717) is 29.3 Å². The van der Waals surface area contributed by atoms with Crippen LogP contribution in [0.1, 0.15) is 46.1 Å². The molecule has 2 aromatic carbocycles. The molecule has 0 atom stereocenters. The van der Waals surface area contributed by atoms with E-state index in [-0.39, 0.29) is 17.3 Å². The molecule has 32 heavy (non-hydrogen) atoms. The quantitative estimate of drug-likeness (QED) is 0.468. The molecule has 0 radical (unpaired) electrons. The molecular formula is C25H20FN5O. The van der Waals surface area contributed by atoms with Crippen molar-refractivity contribution in [2.75, 3.05) is 5.32 Å². The maximum atomic E-state index is 14.5. The number of rotatable bonds is 5. The van der Waals surface area contributed by atoms with Crippen molar-refractivity contribution in [3.8, 4) is 17.2 Å². The molecule has 1 aliphatic carbocycles. The number of aryl methyl sites for hydroxylation is 1. The molecule has 0 aliphatic heterocycles. The highest BCUT2D eigenvalue weighted by Crippen LogP contribution is 2.29. The van der Waals surface area contributed by atoms with Crippen LogP contribution in [0.3, 0.4) is 0 Å². The van der Waals surface area contributed by atoms with E-state index >= 15 is 0 Å². The lowest BCUT2D eigenvalue weighted by atomic mass is 10.0. The first kappa shape index (κ1) is 19.9. The van der Waals surface area contributed by atoms with E-state index in [0.717, 1.165) is 36.0 Å². The Morgan fingerprint density at radius 2 is 2.03 bits per heavy atom. The fourth-order valence-corrected chi connectivity index (χ4v) is 4.32. The highest BCUT2D eigenvalue weighted by molar-refractivity contribution is 5.94. The molecule has 7 heteroatoms. The first-order valence-electron chi connectivity index (χ1n) is 10.5. The van der Waals surface area contributed by atoms with Gasteiger partial charge in [0.2, 0.25) is 5.95 Å². The summed E-state index contributed by atoms with van der Waals surface area (Å²) in [5, 5.41) is 12.6. The molecule has 4 aromatic rings. The number of nitrogens with one attached hydrogen (secondary N) is 1. The van der Waals surface area contributed by atoms with E-state index < -0.39 is 0 Å². The van der Waals surface area contributed by atoms with Gasteiger partial charge in [-0.1, -0.05) is 30.3 Å². The fourth-order valence-electron chi connectivity index (χ4n) is 4.32. The zero-order valence-corrected chi connectivity index (χ0v) is 17.5. The number of fused-ring (bicyclic) bond motifs is 2. The van der Waals surface area contributed by atoms with Crippen LogP contribution in [-0.4, -0.2) is 20.2 Å². The van der Waals surface area contributed by atoms with Crippen LogP contribution in [0.25, 0.3) is 16.8 Å². The Morgan fingerprint density at radius 1 is 1.22 bits per heavy atom. The summed E-state index contributed by atoms with van der Waals surface area (Å²) < 4.78 is 16.3. The number of nitrogens with zero attached hydrogens (tertiary/aromatic N) is 4. The molecule has 0 fully saturated rings. The van der Waals surface area contributed by atoms with Crippen molar-refractivity contribution < 1.29 is 9.18 Å². The van der Waals surface area contributed by atoms with Crippen LogP contribution in [0.5, 0.6) is 0 Å². The molecule has 1 aliphatic rings. The maximum absolute atomic E-state index is 14.5. The lowest BCUT2D eigenvalue weighted by Crippen LogP contribution is -2.10. The number of benzene rings is 2. The average molecular weight is 425 g/mol. The summed E-state index contributed by atoms with van der Waals surface area (Å²) >= 11 is 0. The highest BCUT2D eigenvalue weighted by atomic mass is 19.1. The minimum Gasteiger partial charge on any atom is -0.351 e. The number of carbonyl (C=O) groups excluding carboxylic acids is 1. The van der Waals surface area contributed by atoms with Crippen molar-refractivity contribution in [3.05, 3.63) is 82.6 Å². The van der Waals surface area contributed by atoms with Crippen molar-refractivity contribution in [1.82, 2.24) is 14.4 Å². The summed E-state index contributed by atoms with van der Waals surface area (Å²) in [6.07, 6.45) is 6.20. The van der Waals surface area contributed by atoms with E-state index in [4.69, 9.17) is 0 Å². The highest BCUT2D eigenvalue weighted by Gasteiger charge is 2.19. The van der Waals surface area contributed by atoms with E-state index in [1.807, 2.05) is 18.2 Å². The van der Waals surface area contributed by atoms with Crippen LogP contribution in [0, 0.1) is 17.1 Å². The second-order valence-electron chi connectivity index (χ2n) is 7.93. The first-order chi connectivity index (χ1) is 15.5. The third-order valence-corrected chi connectivity index (χ3v) is 5.98. The molecule has 6 nitrogen and oxygen atoms in total. The Labute approximate surface area is 184 Å². The normalized spacial score (nSPS) is 12.5. The van der Waals surface area contributed by atoms with Gasteiger partial charge in [0.25, 0.3) is 0 Å². The molecule has 158 valence electrons. The third kappa shape index (κ3) is 3.40. The second-order valence-corrected chi connectivity index (χ2v) is 7.93. The number of Topliss-reactive ketones (excluding diaryl/α,β-unsaturated/α-hetero) is 1. The molecule has 2 aromatic heterocycles. The second kappa shape index (κ2) is 7.89. The van der Waals surface area contributed by atoms with Crippen molar-refractivity contribution in [3.63, 3.8) is 0 Å². The number of carbonyl (C=O) groups is 1. The third-order valence-electron chi connectivity index (χ3n) is 5.98. The summed E-state index contributed by atoms with van der Waals surface area (Å²) in [7, 11) is 0. The van der Waals surface area contributed by atoms with Crippen LogP contribution in [0.2, 0.25) is 0 Å². The van der Waals surface area contributed by atoms with Gasteiger partial charge in [0, 0.05) is 29.4 Å². The van der Waals surface area contributed by atoms with Crippen LogP contribution >= 0.6 is 0 Å². The number of imidazole rings is 1. The van der Waals surface area contributed by atoms with Gasteiger partial charge in [0.05, 0.1) is 6.20 Å². The lowest BCUT2D eigenvalue weighted by molar-refractivity contribution is 0.101. The van der Waals surface area contributed by atoms with Crippen molar-refractivity contribution in [2.45, 2.75) is 32.7 Å². The molecule has 0 spiro atoms. The van der Waals surface area contributed by atoms with E-state index in [2.05, 4.69) is 21.4 Å². The van der Waals surface area contributed by atoms with Gasteiger partial charge in [-0.15, -0.1) is 0 Å². The Bertz CT molecular complexity index is 1400. The number of aromatic nitrogens is 3. The SMILES string of the molecule is CC(=O)c1ccc(-c2cnc(NCc3c(F)ccc4c3CCC4)n3cc(C#N)nc23)cc1. The Morgan fingerprint density at radius 3 is 2.78 bits per heavy atom. The molecule has 0 unspecified atom stereocenters. The van der Waals surface area contributed by atoms with E-state index in [1.54, 1.807) is 28.9 Å². The van der Waals surface area contributed by atoms with Crippen LogP contribution < -0.4 is 5.32 Å². The van der Waals surface area contributed by atoms with Crippen LogP contribution in [-0.2, 0) is 19.4 Å². The molecule has 0 saturated heterocycles. The Balaban J connectivity index is 1.52. The Hall–Kier alpha value is -4.05. The number of anilines is 1. The topological polar surface area (TPSA) is 83.1 Å². The number of hydrogen-bond acceptors (Lipinski definition) is 5. The van der Waals surface area contributed by atoms with Gasteiger partial charge in [0.15, 0.2) is 17.1 Å². The summed E-state index contributed by atoms with van der Waals surface area (Å²) in [5.41, 5.74) is 5.97. The van der Waals surface area contributed by atoms with Crippen LogP contribution in [0.15, 0.2) is 48.8 Å². The molecular weight excluding hydrogens is 405 g/mol. The van der Waals surface area contributed by atoms with Gasteiger partial charge in [-0.05, 0) is 48.9 Å². The summed E-state index contributed by atoms with van der Waals surface area (Å²) in [5.74, 6) is 0.250. The molecule has 2 heterocycles. The first-order valence-corrected chi connectivity index (χ1v) is 10.5. The summed E-state index contributed by atoms with van der Waals surface area (Å²) in [4.78, 5) is 20.6. The lowest BCUT2D eigenvalue weighted by Gasteiger charge is -2.13. The standard InChI is InChI=1S/C25H20FN5O/c1-15(32)16-5-7-18(8-6-16)21-12-28-25(31-14-19(11-27)30-24(21)31)29-13-22-20-4-2-3-17(20)9-10-23(22)26/h5-10,12,14H,2-4,13H2,1H3,(H,28,29). The maximum Gasteiger partial charge on any atom is 0.208 e. The van der Waals surface area contributed by atoms with Gasteiger partial charge < -0.3 is 5.32 Å². The monoisotopic (exact) mass is 425 g/mol. The van der Waals surface area contributed by atoms with Gasteiger partial charge in [0.1, 0.15) is 11.9 Å². The number of nitriles is 1. The number of hydrogen-bond donors (Lipinski definition) is 1. The summed E-state index contributed by atoms with van der Waals surface area (Å²) in [6, 6.07) is 12.7. The largest absolute Gasteiger partial charge is 0.351 e. The van der Waals surface area contributed by atoms with Gasteiger partial charge in [-0.25, -0.2) is 14.4 Å². The van der Waals surface area contributed by atoms with Crippen molar-refractivity contribution in [1.29, 1.82) is 5.26 Å². The van der Waals surface area contributed by atoms with Crippen LogP contribution in [0.4, 0.5) is 10.3 Å². The molecule has 0 bridgehead atoms. The average Bonchev–Trinajstić information content (AvgIpc) is 3.45. The molecule has 0 saturated carbocycles. The minimum atomic E-state index is -0.222. The fraction of sp³-hybridized carbons (Fsp3) is 0.200. The zero-order chi connectivity index (χ0) is 22.2. The molecule has 0 amide bonds. The number of ketones is 1. The summed E-state index contributed by atoms with van der Waals surface area (Å²) in [6.45, 7) is 1.82. The van der Waals surface area contributed by atoms with Gasteiger partial charge in [-0.2, -0.15) is 5.26 Å². The smallest absolute Gasteiger partial charge is 0.208 e. The van der Waals surface area contributed by atoms with Gasteiger partial charge >= 0.3 is 0 Å². The molecule has 1 N–H and O–H groups in total. The Kier molecular flexibility index (Phi) is 4.91. The van der Waals surface area contributed by atoms with Crippen molar-refractivity contribution in [2.24, 2.45) is 0 Å². The van der Waals surface area contributed by atoms with Gasteiger partial charge in [-0.3, -0.25) is 9.20 Å².